The third kappa shape index (κ3) is 59.0. The van der Waals surface area contributed by atoms with Crippen LogP contribution in [0.5, 0.6) is 0 Å². The number of hydrogen-bond acceptors (Lipinski definition) is 6. The molecule has 74 heavy (non-hydrogen) atoms. The van der Waals surface area contributed by atoms with Crippen LogP contribution in [-0.4, -0.2) is 37.2 Å². The second-order valence-electron chi connectivity index (χ2n) is 20.2. The van der Waals surface area contributed by atoms with Crippen molar-refractivity contribution in [1.29, 1.82) is 0 Å². The van der Waals surface area contributed by atoms with Crippen molar-refractivity contribution in [2.75, 3.05) is 13.2 Å². The number of carbonyl (C=O) groups excluding carboxylic acids is 3. The number of hydrogen-bond donors (Lipinski definition) is 0. The molecule has 0 saturated heterocycles. The minimum absolute atomic E-state index is 0.0987. The van der Waals surface area contributed by atoms with E-state index in [2.05, 4.69) is 130 Å². The summed E-state index contributed by atoms with van der Waals surface area (Å²) in [6.07, 6.45) is 83.7. The van der Waals surface area contributed by atoms with Gasteiger partial charge in [0.25, 0.3) is 0 Å². The third-order valence-electron chi connectivity index (χ3n) is 13.0. The van der Waals surface area contributed by atoms with Gasteiger partial charge in [-0.05, 0) is 128 Å². The second kappa shape index (κ2) is 61.6. The van der Waals surface area contributed by atoms with E-state index in [-0.39, 0.29) is 31.1 Å². The standard InChI is InChI=1S/C68H114O6/c1-4-7-10-13-16-19-22-25-28-31-33-34-36-37-40-43-46-49-52-55-58-61-67(70)73-64-65(63-72-66(69)60-57-54-51-48-45-42-39-30-27-24-21-18-15-12-9-6-3)74-68(71)62-59-56-53-50-47-44-41-38-35-32-29-26-23-20-17-14-11-8-5-2/h7,10,16-17,19-20,25-26,28-30,33-34,37,39-40,46,49,65H,4-6,8-9,11-15,18,21-24,27,31-32,35-36,38,41-45,47-48,50-64H2,1-3H3/b10-7-,19-16-,20-17-,28-25-,29-26-,34-33-,39-30-,40-37-,49-46-. The van der Waals surface area contributed by atoms with Gasteiger partial charge in [0.15, 0.2) is 6.10 Å². The molecule has 0 aliphatic heterocycles. The van der Waals surface area contributed by atoms with E-state index in [4.69, 9.17) is 14.2 Å². The summed E-state index contributed by atoms with van der Waals surface area (Å²) in [5, 5.41) is 0. The number of rotatable bonds is 55. The summed E-state index contributed by atoms with van der Waals surface area (Å²) in [7, 11) is 0. The SMILES string of the molecule is CC/C=C\C/C=C\C/C=C\C/C=C\C/C=C\C/C=C\CCCCC(=O)OCC(COC(=O)CCCCCCC/C=C\CCCCCCCCC)OC(=O)CCCCCCCCCCC/C=C\C/C=C\CCCCC. The Kier molecular flexibility index (Phi) is 58.3. The van der Waals surface area contributed by atoms with Crippen LogP contribution < -0.4 is 0 Å². The highest BCUT2D eigenvalue weighted by Gasteiger charge is 2.19. The van der Waals surface area contributed by atoms with Gasteiger partial charge in [0.1, 0.15) is 13.2 Å². The Morgan fingerprint density at radius 3 is 0.892 bits per heavy atom. The first-order valence-corrected chi connectivity index (χ1v) is 30.9. The van der Waals surface area contributed by atoms with Gasteiger partial charge in [0, 0.05) is 19.3 Å². The Balaban J connectivity index is 4.49. The fourth-order valence-corrected chi connectivity index (χ4v) is 8.35. The lowest BCUT2D eigenvalue weighted by molar-refractivity contribution is -0.167. The molecule has 0 aliphatic carbocycles. The molecule has 0 aromatic heterocycles. The summed E-state index contributed by atoms with van der Waals surface area (Å²) >= 11 is 0. The van der Waals surface area contributed by atoms with Gasteiger partial charge in [-0.3, -0.25) is 14.4 Å². The number of unbranched alkanes of at least 4 members (excludes halogenated alkanes) is 26. The van der Waals surface area contributed by atoms with Gasteiger partial charge in [0.2, 0.25) is 0 Å². The van der Waals surface area contributed by atoms with Crippen molar-refractivity contribution in [2.45, 2.75) is 290 Å². The maximum absolute atomic E-state index is 12.9. The molecule has 0 aliphatic rings. The van der Waals surface area contributed by atoms with Gasteiger partial charge in [-0.1, -0.05) is 246 Å². The van der Waals surface area contributed by atoms with Gasteiger partial charge < -0.3 is 14.2 Å². The van der Waals surface area contributed by atoms with Crippen molar-refractivity contribution in [1.82, 2.24) is 0 Å². The molecule has 0 aromatic carbocycles. The predicted molar refractivity (Wildman–Crippen MR) is 320 cm³/mol. The summed E-state index contributed by atoms with van der Waals surface area (Å²) in [5.41, 5.74) is 0. The van der Waals surface area contributed by atoms with Crippen molar-refractivity contribution in [3.05, 3.63) is 109 Å². The van der Waals surface area contributed by atoms with Gasteiger partial charge in [-0.25, -0.2) is 0 Å². The van der Waals surface area contributed by atoms with Crippen molar-refractivity contribution >= 4 is 17.9 Å². The van der Waals surface area contributed by atoms with E-state index < -0.39 is 6.10 Å². The molecule has 0 aromatic rings. The Bertz CT molecular complexity index is 1510. The molecule has 0 heterocycles. The van der Waals surface area contributed by atoms with Crippen LogP contribution in [0.2, 0.25) is 0 Å². The maximum Gasteiger partial charge on any atom is 0.306 e. The van der Waals surface area contributed by atoms with E-state index >= 15 is 0 Å². The lowest BCUT2D eigenvalue weighted by Crippen LogP contribution is -2.30. The number of ether oxygens (including phenoxy) is 3. The molecule has 0 amide bonds. The van der Waals surface area contributed by atoms with E-state index in [1.54, 1.807) is 0 Å². The Morgan fingerprint density at radius 1 is 0.284 bits per heavy atom. The molecule has 0 spiro atoms. The molecule has 0 N–H and O–H groups in total. The molecule has 6 heteroatoms. The summed E-state index contributed by atoms with van der Waals surface area (Å²) in [4.78, 5) is 38.3. The van der Waals surface area contributed by atoms with Crippen LogP contribution in [-0.2, 0) is 28.6 Å². The summed E-state index contributed by atoms with van der Waals surface area (Å²) in [6.45, 7) is 6.47. The number of allylic oxidation sites excluding steroid dienone is 18. The van der Waals surface area contributed by atoms with Crippen LogP contribution >= 0.6 is 0 Å². The smallest absolute Gasteiger partial charge is 0.306 e. The van der Waals surface area contributed by atoms with Crippen LogP contribution in [0.15, 0.2) is 109 Å². The van der Waals surface area contributed by atoms with E-state index in [0.717, 1.165) is 109 Å². The lowest BCUT2D eigenvalue weighted by atomic mass is 10.1. The maximum atomic E-state index is 12.9. The Labute approximate surface area is 457 Å². The lowest BCUT2D eigenvalue weighted by Gasteiger charge is -2.18. The first-order chi connectivity index (χ1) is 36.5. The van der Waals surface area contributed by atoms with Crippen molar-refractivity contribution in [3.63, 3.8) is 0 Å². The first-order valence-electron chi connectivity index (χ1n) is 30.9. The van der Waals surface area contributed by atoms with Gasteiger partial charge in [0.05, 0.1) is 0 Å². The average molecular weight is 1030 g/mol. The van der Waals surface area contributed by atoms with Gasteiger partial charge in [-0.2, -0.15) is 0 Å². The van der Waals surface area contributed by atoms with E-state index in [1.165, 1.54) is 135 Å². The monoisotopic (exact) mass is 1030 g/mol. The summed E-state index contributed by atoms with van der Waals surface area (Å²) in [6, 6.07) is 0. The zero-order chi connectivity index (χ0) is 53.6. The molecule has 0 radical (unpaired) electrons. The molecule has 0 saturated carbocycles. The molecule has 0 fully saturated rings. The average Bonchev–Trinajstić information content (AvgIpc) is 3.40. The Morgan fingerprint density at radius 2 is 0.527 bits per heavy atom. The quantitative estimate of drug-likeness (QED) is 0.0261. The zero-order valence-electron chi connectivity index (χ0n) is 48.3. The van der Waals surface area contributed by atoms with Crippen molar-refractivity contribution in [2.24, 2.45) is 0 Å². The molecular weight excluding hydrogens is 913 g/mol. The summed E-state index contributed by atoms with van der Waals surface area (Å²) in [5.74, 6) is -0.950. The molecular formula is C68H114O6. The highest BCUT2D eigenvalue weighted by molar-refractivity contribution is 5.71. The highest BCUT2D eigenvalue weighted by Crippen LogP contribution is 2.15. The van der Waals surface area contributed by atoms with Crippen LogP contribution in [0.3, 0.4) is 0 Å². The number of carbonyl (C=O) groups is 3. The zero-order valence-corrected chi connectivity index (χ0v) is 48.3. The minimum Gasteiger partial charge on any atom is -0.462 e. The molecule has 1 unspecified atom stereocenters. The number of esters is 3. The molecule has 422 valence electrons. The third-order valence-corrected chi connectivity index (χ3v) is 13.0. The van der Waals surface area contributed by atoms with Crippen molar-refractivity contribution < 1.29 is 28.6 Å². The minimum atomic E-state index is -0.805. The summed E-state index contributed by atoms with van der Waals surface area (Å²) < 4.78 is 16.9. The van der Waals surface area contributed by atoms with E-state index in [0.29, 0.717) is 19.3 Å². The van der Waals surface area contributed by atoms with Crippen LogP contribution in [0, 0.1) is 0 Å². The normalized spacial score (nSPS) is 12.9. The highest BCUT2D eigenvalue weighted by atomic mass is 16.6. The van der Waals surface area contributed by atoms with Crippen LogP contribution in [0.25, 0.3) is 0 Å². The van der Waals surface area contributed by atoms with E-state index in [1.807, 2.05) is 0 Å². The fourth-order valence-electron chi connectivity index (χ4n) is 8.35. The Hall–Kier alpha value is -3.93. The second-order valence-corrected chi connectivity index (χ2v) is 20.2. The predicted octanol–water partition coefficient (Wildman–Crippen LogP) is 21.0. The largest absolute Gasteiger partial charge is 0.462 e. The van der Waals surface area contributed by atoms with Gasteiger partial charge >= 0.3 is 17.9 Å². The first kappa shape index (κ1) is 70.1. The molecule has 6 nitrogen and oxygen atoms in total. The van der Waals surface area contributed by atoms with Crippen molar-refractivity contribution in [3.8, 4) is 0 Å². The topological polar surface area (TPSA) is 78.9 Å². The van der Waals surface area contributed by atoms with Crippen LogP contribution in [0.1, 0.15) is 284 Å². The van der Waals surface area contributed by atoms with Crippen LogP contribution in [0.4, 0.5) is 0 Å². The molecule has 0 rings (SSSR count). The molecule has 0 bridgehead atoms. The fraction of sp³-hybridized carbons (Fsp3) is 0.691. The molecule has 1 atom stereocenters. The van der Waals surface area contributed by atoms with Gasteiger partial charge in [-0.15, -0.1) is 0 Å². The van der Waals surface area contributed by atoms with E-state index in [9.17, 15) is 14.4 Å².